The molecule has 1 rings (SSSR count). The quantitative estimate of drug-likeness (QED) is 0.428. The number of non-ortho nitro benzene ring substituents is 1. The zero-order valence-corrected chi connectivity index (χ0v) is 14.1. The van der Waals surface area contributed by atoms with Crippen LogP contribution in [0.2, 0.25) is 0 Å². The smallest absolute Gasteiger partial charge is 0.303 e. The lowest BCUT2D eigenvalue weighted by molar-refractivity contribution is -0.384. The van der Waals surface area contributed by atoms with Crippen molar-refractivity contribution >= 4 is 29.3 Å². The molecule has 0 radical (unpaired) electrons. The Morgan fingerprint density at radius 3 is 2.39 bits per heavy atom. The lowest BCUT2D eigenvalue weighted by atomic mass is 9.98. The number of carbonyl (C=O) groups excluding carboxylic acids is 1. The van der Waals surface area contributed by atoms with E-state index in [0.717, 1.165) is 4.90 Å². The lowest BCUT2D eigenvalue weighted by Gasteiger charge is -2.27. The number of amides is 1. The molecule has 126 valence electrons. The number of hydrogen-bond donors (Lipinski definition) is 2. The first-order chi connectivity index (χ1) is 10.6. The molecule has 0 bridgehead atoms. The third-order valence-electron chi connectivity index (χ3n) is 3.16. The largest absolute Gasteiger partial charge is 0.481 e. The molecule has 1 aromatic carbocycles. The van der Waals surface area contributed by atoms with Gasteiger partial charge in [-0.05, 0) is 39.3 Å². The van der Waals surface area contributed by atoms with Crippen LogP contribution in [0.25, 0.3) is 0 Å². The van der Waals surface area contributed by atoms with E-state index < -0.39 is 21.7 Å². The molecule has 0 saturated carbocycles. The van der Waals surface area contributed by atoms with E-state index in [1.54, 1.807) is 32.9 Å². The van der Waals surface area contributed by atoms with Gasteiger partial charge in [0.15, 0.2) is 0 Å². The van der Waals surface area contributed by atoms with Crippen molar-refractivity contribution in [1.29, 1.82) is 0 Å². The Morgan fingerprint density at radius 2 is 1.91 bits per heavy atom. The van der Waals surface area contributed by atoms with E-state index in [1.807, 2.05) is 0 Å². The number of rotatable bonds is 8. The van der Waals surface area contributed by atoms with Gasteiger partial charge in [0, 0.05) is 29.0 Å². The molecule has 0 aliphatic rings. The van der Waals surface area contributed by atoms with Crippen molar-refractivity contribution in [1.82, 2.24) is 5.32 Å². The van der Waals surface area contributed by atoms with Crippen LogP contribution in [0, 0.1) is 10.1 Å². The molecular formula is C15H20N2O5S. The molecule has 0 aromatic heterocycles. The van der Waals surface area contributed by atoms with E-state index in [9.17, 15) is 19.7 Å². The number of nitro groups is 1. The Kier molecular flexibility index (Phi) is 6.56. The SMILES string of the molecule is CC(Sc1ccc([N+](=O)[O-])cc1)C(=O)NC(C)(C)CCC(=O)O. The van der Waals surface area contributed by atoms with Gasteiger partial charge in [0.2, 0.25) is 5.91 Å². The normalized spacial score (nSPS) is 12.5. The molecule has 2 N–H and O–H groups in total. The Morgan fingerprint density at radius 1 is 1.35 bits per heavy atom. The van der Waals surface area contributed by atoms with Crippen LogP contribution in [0.3, 0.4) is 0 Å². The molecule has 1 unspecified atom stereocenters. The third kappa shape index (κ3) is 6.68. The zero-order chi connectivity index (χ0) is 17.6. The van der Waals surface area contributed by atoms with E-state index in [2.05, 4.69) is 5.32 Å². The lowest BCUT2D eigenvalue weighted by Crippen LogP contribution is -2.46. The van der Waals surface area contributed by atoms with Gasteiger partial charge in [0.25, 0.3) is 5.69 Å². The maximum Gasteiger partial charge on any atom is 0.303 e. The van der Waals surface area contributed by atoms with Gasteiger partial charge in [-0.15, -0.1) is 11.8 Å². The predicted molar refractivity (Wildman–Crippen MR) is 87.5 cm³/mol. The summed E-state index contributed by atoms with van der Waals surface area (Å²) < 4.78 is 0. The van der Waals surface area contributed by atoms with Crippen LogP contribution in [0.4, 0.5) is 5.69 Å². The fourth-order valence-corrected chi connectivity index (χ4v) is 2.69. The first-order valence-electron chi connectivity index (χ1n) is 7.05. The van der Waals surface area contributed by atoms with Crippen molar-refractivity contribution in [3.63, 3.8) is 0 Å². The minimum Gasteiger partial charge on any atom is -0.481 e. The molecule has 0 saturated heterocycles. The molecule has 23 heavy (non-hydrogen) atoms. The van der Waals surface area contributed by atoms with Gasteiger partial charge in [0.05, 0.1) is 10.2 Å². The minimum absolute atomic E-state index is 0.00117. The third-order valence-corrected chi connectivity index (χ3v) is 4.27. The molecule has 0 fully saturated rings. The molecule has 1 amide bonds. The average molecular weight is 340 g/mol. The molecule has 1 atom stereocenters. The Labute approximate surface area is 138 Å². The number of nitrogens with zero attached hydrogens (tertiary/aromatic N) is 1. The molecule has 0 aliphatic carbocycles. The zero-order valence-electron chi connectivity index (χ0n) is 13.2. The fraction of sp³-hybridized carbons (Fsp3) is 0.467. The molecular weight excluding hydrogens is 320 g/mol. The van der Waals surface area contributed by atoms with Crippen molar-refractivity contribution in [2.75, 3.05) is 0 Å². The van der Waals surface area contributed by atoms with E-state index in [-0.39, 0.29) is 18.0 Å². The Bertz CT molecular complexity index is 586. The van der Waals surface area contributed by atoms with Crippen molar-refractivity contribution in [3.8, 4) is 0 Å². The number of benzene rings is 1. The van der Waals surface area contributed by atoms with Crippen molar-refractivity contribution in [2.24, 2.45) is 0 Å². The summed E-state index contributed by atoms with van der Waals surface area (Å²) in [6.07, 6.45) is 0.320. The number of carbonyl (C=O) groups is 2. The second-order valence-corrected chi connectivity index (χ2v) is 7.19. The van der Waals surface area contributed by atoms with Crippen molar-refractivity contribution < 1.29 is 19.6 Å². The number of nitrogens with one attached hydrogen (secondary N) is 1. The minimum atomic E-state index is -0.902. The van der Waals surface area contributed by atoms with Crippen LogP contribution < -0.4 is 5.32 Å². The summed E-state index contributed by atoms with van der Waals surface area (Å²) in [6, 6.07) is 5.98. The number of thioether (sulfide) groups is 1. The maximum absolute atomic E-state index is 12.2. The summed E-state index contributed by atoms with van der Waals surface area (Å²) in [7, 11) is 0. The van der Waals surface area contributed by atoms with Crippen molar-refractivity contribution in [3.05, 3.63) is 34.4 Å². The highest BCUT2D eigenvalue weighted by Crippen LogP contribution is 2.26. The summed E-state index contributed by atoms with van der Waals surface area (Å²) in [5.74, 6) is -1.11. The van der Waals surface area contributed by atoms with Crippen LogP contribution in [0.1, 0.15) is 33.6 Å². The highest BCUT2D eigenvalue weighted by atomic mass is 32.2. The van der Waals surface area contributed by atoms with Gasteiger partial charge in [-0.3, -0.25) is 19.7 Å². The van der Waals surface area contributed by atoms with Crippen LogP contribution in [-0.2, 0) is 9.59 Å². The standard InChI is InChI=1S/C15H20N2O5S/c1-10(14(20)16-15(2,3)9-8-13(18)19)23-12-6-4-11(5-7-12)17(21)22/h4-7,10H,8-9H2,1-3H3,(H,16,20)(H,18,19). The second-order valence-electron chi connectivity index (χ2n) is 5.78. The topological polar surface area (TPSA) is 110 Å². The number of aliphatic carboxylic acids is 1. The number of carboxylic acids is 1. The first-order valence-corrected chi connectivity index (χ1v) is 7.93. The van der Waals surface area contributed by atoms with E-state index in [1.165, 1.54) is 23.9 Å². The number of hydrogen-bond acceptors (Lipinski definition) is 5. The average Bonchev–Trinajstić information content (AvgIpc) is 2.45. The second kappa shape index (κ2) is 7.96. The summed E-state index contributed by atoms with van der Waals surface area (Å²) >= 11 is 1.29. The Balaban J connectivity index is 2.59. The van der Waals surface area contributed by atoms with Gasteiger partial charge in [-0.25, -0.2) is 0 Å². The summed E-state index contributed by atoms with van der Waals surface area (Å²) in [6.45, 7) is 5.28. The highest BCUT2D eigenvalue weighted by Gasteiger charge is 2.24. The summed E-state index contributed by atoms with van der Waals surface area (Å²) in [5, 5.41) is 21.7. The van der Waals surface area contributed by atoms with Crippen LogP contribution in [0.5, 0.6) is 0 Å². The van der Waals surface area contributed by atoms with Gasteiger partial charge in [-0.1, -0.05) is 0 Å². The van der Waals surface area contributed by atoms with E-state index in [0.29, 0.717) is 6.42 Å². The van der Waals surface area contributed by atoms with E-state index >= 15 is 0 Å². The van der Waals surface area contributed by atoms with Gasteiger partial charge >= 0.3 is 5.97 Å². The van der Waals surface area contributed by atoms with Crippen LogP contribution >= 0.6 is 11.8 Å². The summed E-state index contributed by atoms with van der Waals surface area (Å²) in [5.41, 5.74) is -0.610. The first kappa shape index (κ1) is 19.0. The van der Waals surface area contributed by atoms with Crippen molar-refractivity contribution in [2.45, 2.75) is 49.3 Å². The molecule has 0 aliphatic heterocycles. The molecule has 8 heteroatoms. The molecule has 1 aromatic rings. The molecule has 0 heterocycles. The molecule has 7 nitrogen and oxygen atoms in total. The van der Waals surface area contributed by atoms with Crippen LogP contribution in [-0.4, -0.2) is 32.7 Å². The van der Waals surface area contributed by atoms with Gasteiger partial charge in [-0.2, -0.15) is 0 Å². The monoisotopic (exact) mass is 340 g/mol. The maximum atomic E-state index is 12.2. The van der Waals surface area contributed by atoms with E-state index in [4.69, 9.17) is 5.11 Å². The summed E-state index contributed by atoms with van der Waals surface area (Å²) in [4.78, 5) is 33.7. The Hall–Kier alpha value is -2.09. The van der Waals surface area contributed by atoms with Crippen LogP contribution in [0.15, 0.2) is 29.2 Å². The molecule has 0 spiro atoms. The number of nitro benzene ring substituents is 1. The van der Waals surface area contributed by atoms with Gasteiger partial charge in [0.1, 0.15) is 0 Å². The highest BCUT2D eigenvalue weighted by molar-refractivity contribution is 8.00. The fourth-order valence-electron chi connectivity index (χ4n) is 1.82. The van der Waals surface area contributed by atoms with Gasteiger partial charge < -0.3 is 10.4 Å². The number of carboxylic acid groups (broad SMARTS) is 1. The predicted octanol–water partition coefficient (Wildman–Crippen LogP) is 2.84.